The van der Waals surface area contributed by atoms with Crippen molar-refractivity contribution in [2.24, 2.45) is 11.1 Å². The van der Waals surface area contributed by atoms with Crippen molar-refractivity contribution in [2.45, 2.75) is 24.3 Å². The van der Waals surface area contributed by atoms with E-state index in [1.807, 2.05) is 0 Å². The Kier molecular flexibility index (Phi) is 6.55. The molecule has 0 aromatic carbocycles. The number of amides is 2. The topological polar surface area (TPSA) is 136 Å². The number of oxime groups is 1. The fourth-order valence-electron chi connectivity index (χ4n) is 3.90. The number of nitrogen functional groups attached to an aromatic ring is 1. The number of thiol groups is 1. The van der Waals surface area contributed by atoms with Crippen molar-refractivity contribution in [3.8, 4) is 0 Å². The molecule has 166 valence electrons. The summed E-state index contributed by atoms with van der Waals surface area (Å²) in [7, 11) is 1.31. The summed E-state index contributed by atoms with van der Waals surface area (Å²) in [5.41, 5.74) is 7.10. The summed E-state index contributed by atoms with van der Waals surface area (Å²) >= 11 is 6.71. The number of aromatic nitrogens is 1. The molecule has 1 aromatic heterocycles. The molecule has 2 atom stereocenters. The Morgan fingerprint density at radius 3 is 2.77 bits per heavy atom. The number of nitrogens with two attached hydrogens (primary N) is 1. The van der Waals surface area contributed by atoms with Gasteiger partial charge in [0.1, 0.15) is 24.2 Å². The number of hydrogen-bond acceptors (Lipinski definition) is 10. The molecular weight excluding hydrogens is 462 g/mol. The van der Waals surface area contributed by atoms with Gasteiger partial charge in [0.2, 0.25) is 5.12 Å². The Morgan fingerprint density at radius 2 is 2.16 bits per heavy atom. The van der Waals surface area contributed by atoms with E-state index in [1.165, 1.54) is 23.8 Å². The summed E-state index contributed by atoms with van der Waals surface area (Å²) in [4.78, 5) is 48.3. The molecule has 3 aliphatic heterocycles. The molecular formula is C18H21N5O5S3. The molecule has 1 unspecified atom stereocenters. The molecule has 0 radical (unpaired) electrons. The van der Waals surface area contributed by atoms with E-state index in [0.717, 1.165) is 29.8 Å². The highest BCUT2D eigenvalue weighted by Crippen LogP contribution is 2.44. The number of thioether (sulfide) groups is 1. The Labute approximate surface area is 192 Å². The van der Waals surface area contributed by atoms with Crippen LogP contribution in [0.3, 0.4) is 0 Å². The smallest absolute Gasteiger partial charge is 0.276 e. The van der Waals surface area contributed by atoms with Crippen molar-refractivity contribution < 1.29 is 24.0 Å². The van der Waals surface area contributed by atoms with Crippen LogP contribution in [0.2, 0.25) is 0 Å². The lowest BCUT2D eigenvalue weighted by atomic mass is 9.89. The van der Waals surface area contributed by atoms with Gasteiger partial charge < -0.3 is 20.6 Å². The zero-order valence-electron chi connectivity index (χ0n) is 16.6. The quantitative estimate of drug-likeness (QED) is 0.232. The summed E-state index contributed by atoms with van der Waals surface area (Å²) in [6, 6.07) is -0.797. The van der Waals surface area contributed by atoms with Crippen LogP contribution in [0.1, 0.15) is 18.5 Å². The molecule has 4 heterocycles. The molecule has 0 saturated carbocycles. The van der Waals surface area contributed by atoms with E-state index in [-0.39, 0.29) is 28.4 Å². The van der Waals surface area contributed by atoms with Crippen LogP contribution in [-0.2, 0) is 24.0 Å². The lowest BCUT2D eigenvalue weighted by molar-refractivity contribution is -0.146. The highest BCUT2D eigenvalue weighted by atomic mass is 32.2. The molecule has 0 aliphatic carbocycles. The first-order chi connectivity index (χ1) is 14.9. The average Bonchev–Trinajstić information content (AvgIpc) is 3.20. The first-order valence-electron chi connectivity index (χ1n) is 9.54. The molecule has 0 bridgehead atoms. The van der Waals surface area contributed by atoms with Gasteiger partial charge >= 0.3 is 0 Å². The number of nitrogens with zero attached hydrogens (tertiary/aromatic N) is 3. The van der Waals surface area contributed by atoms with Gasteiger partial charge in [-0.1, -0.05) is 17.8 Å². The summed E-state index contributed by atoms with van der Waals surface area (Å²) in [6.45, 7) is 1.26. The van der Waals surface area contributed by atoms with Crippen LogP contribution in [0, 0.1) is 5.92 Å². The highest BCUT2D eigenvalue weighted by Gasteiger charge is 2.54. The highest BCUT2D eigenvalue weighted by molar-refractivity contribution is 8.00. The standard InChI is InChI=1S/C18H21N5O5S3/c1-27-22-11(10-7-31-18(19)20-10)14(24)21-12-15(25)23-13(17(26)29)9(6-30-16(12)23)8-2-4-28-5-3-8/h7-8,12,16H,2-6H2,1H3,(H2,19,20)(H,21,24)(H,26,29)/b22-11-/t12?,16-/m1/s1. The molecule has 2 saturated heterocycles. The van der Waals surface area contributed by atoms with E-state index in [4.69, 9.17) is 15.3 Å². The van der Waals surface area contributed by atoms with Crippen molar-refractivity contribution in [3.05, 3.63) is 22.3 Å². The zero-order valence-corrected chi connectivity index (χ0v) is 19.1. The van der Waals surface area contributed by atoms with Crippen LogP contribution < -0.4 is 11.1 Å². The van der Waals surface area contributed by atoms with E-state index in [2.05, 4.69) is 28.1 Å². The normalized spacial score (nSPS) is 24.5. The van der Waals surface area contributed by atoms with E-state index < -0.39 is 22.4 Å². The number of ether oxygens (including phenoxy) is 1. The number of carbonyl (C=O) groups excluding carboxylic acids is 3. The van der Waals surface area contributed by atoms with E-state index in [9.17, 15) is 14.4 Å². The van der Waals surface area contributed by atoms with Gasteiger partial charge in [-0.3, -0.25) is 19.3 Å². The molecule has 0 spiro atoms. The van der Waals surface area contributed by atoms with Gasteiger partial charge in [-0.2, -0.15) is 0 Å². The number of thiazole rings is 1. The number of hydrogen-bond donors (Lipinski definition) is 3. The van der Waals surface area contributed by atoms with Gasteiger partial charge in [-0.05, 0) is 24.3 Å². The minimum absolute atomic E-state index is 0.0774. The molecule has 2 amide bonds. The first kappa shape index (κ1) is 22.1. The maximum atomic E-state index is 12.9. The molecule has 13 heteroatoms. The van der Waals surface area contributed by atoms with Crippen LogP contribution in [0.4, 0.5) is 5.13 Å². The van der Waals surface area contributed by atoms with Crippen LogP contribution in [0.25, 0.3) is 0 Å². The third kappa shape index (κ3) is 4.19. The van der Waals surface area contributed by atoms with Crippen LogP contribution in [-0.4, -0.2) is 70.0 Å². The Bertz CT molecular complexity index is 972. The van der Waals surface area contributed by atoms with Crippen molar-refractivity contribution in [1.29, 1.82) is 0 Å². The van der Waals surface area contributed by atoms with Crippen molar-refractivity contribution in [3.63, 3.8) is 0 Å². The minimum Gasteiger partial charge on any atom is -0.398 e. The maximum Gasteiger partial charge on any atom is 0.276 e. The Morgan fingerprint density at radius 1 is 1.42 bits per heavy atom. The first-order valence-corrected chi connectivity index (χ1v) is 11.9. The summed E-state index contributed by atoms with van der Waals surface area (Å²) in [6.07, 6.45) is 1.61. The van der Waals surface area contributed by atoms with Crippen LogP contribution in [0.15, 0.2) is 21.8 Å². The third-order valence-electron chi connectivity index (χ3n) is 5.36. The van der Waals surface area contributed by atoms with E-state index >= 15 is 0 Å². The number of carbonyl (C=O) groups is 3. The molecule has 10 nitrogen and oxygen atoms in total. The maximum absolute atomic E-state index is 12.9. The fraction of sp³-hybridized carbons (Fsp3) is 0.500. The molecule has 2 fully saturated rings. The van der Waals surface area contributed by atoms with E-state index in [1.54, 1.807) is 5.38 Å². The summed E-state index contributed by atoms with van der Waals surface area (Å²) < 4.78 is 5.42. The lowest BCUT2D eigenvalue weighted by Gasteiger charge is -2.50. The molecule has 4 rings (SSSR count). The summed E-state index contributed by atoms with van der Waals surface area (Å²) in [5, 5.41) is 7.46. The number of nitrogens with one attached hydrogen (secondary N) is 1. The second-order valence-corrected chi connectivity index (χ2v) is 9.52. The zero-order chi connectivity index (χ0) is 22.1. The van der Waals surface area contributed by atoms with Gasteiger partial charge in [0.15, 0.2) is 10.8 Å². The minimum atomic E-state index is -0.797. The van der Waals surface area contributed by atoms with Gasteiger partial charge in [-0.25, -0.2) is 4.98 Å². The second kappa shape index (κ2) is 9.18. The largest absolute Gasteiger partial charge is 0.398 e. The number of fused-ring (bicyclic) bond motifs is 1. The van der Waals surface area contributed by atoms with Crippen molar-refractivity contribution in [1.82, 2.24) is 15.2 Å². The van der Waals surface area contributed by atoms with Gasteiger partial charge in [-0.15, -0.1) is 23.1 Å². The van der Waals surface area contributed by atoms with Crippen molar-refractivity contribution >= 4 is 63.5 Å². The van der Waals surface area contributed by atoms with Gasteiger partial charge in [0.25, 0.3) is 11.8 Å². The van der Waals surface area contributed by atoms with Gasteiger partial charge in [0, 0.05) is 24.3 Å². The molecule has 3 N–H and O–H groups in total. The second-order valence-electron chi connectivity index (χ2n) is 7.12. The van der Waals surface area contributed by atoms with Crippen LogP contribution >= 0.6 is 35.7 Å². The van der Waals surface area contributed by atoms with Gasteiger partial charge in [0.05, 0.1) is 5.70 Å². The molecule has 3 aliphatic rings. The van der Waals surface area contributed by atoms with Crippen molar-refractivity contribution in [2.75, 3.05) is 31.8 Å². The number of rotatable bonds is 6. The molecule has 1 aromatic rings. The Hall–Kier alpha value is -2.09. The number of anilines is 1. The predicted octanol–water partition coefficient (Wildman–Crippen LogP) is 0.613. The fourth-order valence-corrected chi connectivity index (χ4v) is 6.16. The third-order valence-corrected chi connectivity index (χ3v) is 7.55. The SMILES string of the molecule is CO/N=C(\C(=O)NC1C(=O)N2C(C(=O)S)=C(C3CCOCC3)CS[C@H]12)c1csc(N)n1. The monoisotopic (exact) mass is 483 g/mol. The summed E-state index contributed by atoms with van der Waals surface area (Å²) in [5.74, 6) is -0.189. The Balaban J connectivity index is 1.53. The predicted molar refractivity (Wildman–Crippen MR) is 120 cm³/mol. The average molecular weight is 484 g/mol. The number of β-lactam (4-membered cyclic amide) rings is 1. The van der Waals surface area contributed by atoms with E-state index in [0.29, 0.717) is 24.7 Å². The van der Waals surface area contributed by atoms with Crippen LogP contribution in [0.5, 0.6) is 0 Å². The lowest BCUT2D eigenvalue weighted by Crippen LogP contribution is -2.71. The molecule has 31 heavy (non-hydrogen) atoms.